The highest BCUT2D eigenvalue weighted by atomic mass is 32.2. The largest absolute Gasteiger partial charge is 0.482 e. The van der Waals surface area contributed by atoms with Crippen LogP contribution in [0.2, 0.25) is 0 Å². The average Bonchev–Trinajstić information content (AvgIpc) is 3.37. The summed E-state index contributed by atoms with van der Waals surface area (Å²) in [5.74, 6) is -4.46. The number of halogens is 3. The van der Waals surface area contributed by atoms with Crippen LogP contribution in [0.4, 0.5) is 13.2 Å². The predicted molar refractivity (Wildman–Crippen MR) is 165 cm³/mol. The number of aromatic nitrogens is 1. The summed E-state index contributed by atoms with van der Waals surface area (Å²) in [6.45, 7) is 5.52. The molecule has 4 aromatic carbocycles. The zero-order valence-electron chi connectivity index (χ0n) is 23.7. The van der Waals surface area contributed by atoms with Gasteiger partial charge in [-0.3, -0.25) is 0 Å². The minimum absolute atomic E-state index is 0.0200. The van der Waals surface area contributed by atoms with E-state index >= 15 is 0 Å². The van der Waals surface area contributed by atoms with Crippen LogP contribution in [0, 0.1) is 38.2 Å². The first-order chi connectivity index (χ1) is 20.6. The van der Waals surface area contributed by atoms with Crippen molar-refractivity contribution in [3.63, 3.8) is 0 Å². The van der Waals surface area contributed by atoms with E-state index in [1.165, 1.54) is 5.56 Å². The molecule has 5 rings (SSSR count). The van der Waals surface area contributed by atoms with Gasteiger partial charge in [0.2, 0.25) is 0 Å². The molecule has 0 bridgehead atoms. The van der Waals surface area contributed by atoms with E-state index in [9.17, 15) is 18.0 Å². The number of rotatable bonds is 10. The van der Waals surface area contributed by atoms with Gasteiger partial charge < -0.3 is 9.84 Å². The number of carboxylic acid groups (broad SMARTS) is 1. The highest BCUT2D eigenvalue weighted by Crippen LogP contribution is 2.44. The monoisotopic (exact) mass is 619 g/mol. The van der Waals surface area contributed by atoms with Crippen LogP contribution in [0.3, 0.4) is 0 Å². The van der Waals surface area contributed by atoms with Gasteiger partial charge in [0.15, 0.2) is 24.1 Å². The van der Waals surface area contributed by atoms with Crippen LogP contribution in [0.5, 0.6) is 5.75 Å². The van der Waals surface area contributed by atoms with Gasteiger partial charge in [0, 0.05) is 20.6 Å². The molecule has 5 aromatic rings. The molecule has 0 spiro atoms. The van der Waals surface area contributed by atoms with Gasteiger partial charge in [-0.15, -0.1) is 23.1 Å². The number of aryl methyl sites for hydroxylation is 3. The summed E-state index contributed by atoms with van der Waals surface area (Å²) < 4.78 is 46.5. The number of thiazole rings is 1. The number of aliphatic carboxylic acids is 1. The fourth-order valence-electron chi connectivity index (χ4n) is 4.64. The molecule has 1 atom stereocenters. The van der Waals surface area contributed by atoms with Crippen LogP contribution in [-0.4, -0.2) is 22.7 Å². The van der Waals surface area contributed by atoms with Gasteiger partial charge in [0.1, 0.15) is 10.8 Å². The number of carboxylic acids is 1. The molecular formula is C34H28F3NO3S2. The van der Waals surface area contributed by atoms with Gasteiger partial charge in [0.05, 0.1) is 5.69 Å². The van der Waals surface area contributed by atoms with E-state index in [4.69, 9.17) is 14.8 Å². The van der Waals surface area contributed by atoms with E-state index in [0.29, 0.717) is 17.7 Å². The minimum atomic E-state index is -1.48. The Morgan fingerprint density at radius 2 is 1.53 bits per heavy atom. The third-order valence-corrected chi connectivity index (χ3v) is 9.57. The molecule has 1 unspecified atom stereocenters. The Morgan fingerprint density at radius 3 is 2.16 bits per heavy atom. The fourth-order valence-corrected chi connectivity index (χ4v) is 7.26. The maximum atomic E-state index is 13.8. The van der Waals surface area contributed by atoms with E-state index in [1.54, 1.807) is 41.3 Å². The smallest absolute Gasteiger partial charge is 0.341 e. The van der Waals surface area contributed by atoms with Crippen molar-refractivity contribution in [2.45, 2.75) is 37.3 Å². The first-order valence-electron chi connectivity index (χ1n) is 13.5. The number of hydrogen-bond donors (Lipinski definition) is 1. The van der Waals surface area contributed by atoms with Crippen LogP contribution in [0.25, 0.3) is 21.7 Å². The molecule has 0 aliphatic heterocycles. The van der Waals surface area contributed by atoms with Gasteiger partial charge in [-0.25, -0.2) is 22.9 Å². The molecule has 0 aliphatic rings. The molecule has 0 amide bonds. The van der Waals surface area contributed by atoms with Gasteiger partial charge in [-0.1, -0.05) is 54.1 Å². The molecule has 1 N–H and O–H groups in total. The standard InChI is InChI=1S/C34H28F3NO3S2/c1-19-4-8-24(9-5-19)34-38-21(3)33(43-34)30(42-26-12-13-29(20(2)14-26)41-18-31(39)40)15-22-6-10-23(11-7-22)25-16-27(35)32(37)28(36)17-25/h4-14,16-17,30H,15,18H2,1-3H3,(H,39,40). The Bertz CT molecular complexity index is 1750. The lowest BCUT2D eigenvalue weighted by atomic mass is 10.0. The van der Waals surface area contributed by atoms with Crippen LogP contribution < -0.4 is 4.74 Å². The highest BCUT2D eigenvalue weighted by Gasteiger charge is 2.22. The first kappa shape index (κ1) is 30.4. The zero-order chi connectivity index (χ0) is 30.7. The maximum Gasteiger partial charge on any atom is 0.341 e. The molecule has 1 heterocycles. The van der Waals surface area contributed by atoms with Gasteiger partial charge in [-0.2, -0.15) is 0 Å². The molecular weight excluding hydrogens is 592 g/mol. The second-order valence-corrected chi connectivity index (χ2v) is 12.5. The molecule has 0 fully saturated rings. The topological polar surface area (TPSA) is 59.4 Å². The summed E-state index contributed by atoms with van der Waals surface area (Å²) in [6, 6.07) is 23.3. The van der Waals surface area contributed by atoms with Crippen molar-refractivity contribution < 1.29 is 27.8 Å². The Kier molecular flexibility index (Phi) is 9.22. The summed E-state index contributed by atoms with van der Waals surface area (Å²) in [6.07, 6.45) is 0.643. The third kappa shape index (κ3) is 7.29. The molecule has 4 nitrogen and oxygen atoms in total. The molecule has 0 saturated carbocycles. The second-order valence-electron chi connectivity index (χ2n) is 10.2. The van der Waals surface area contributed by atoms with Crippen molar-refractivity contribution >= 4 is 29.1 Å². The number of hydrogen-bond acceptors (Lipinski definition) is 5. The molecule has 9 heteroatoms. The lowest BCUT2D eigenvalue weighted by molar-refractivity contribution is -0.139. The highest BCUT2D eigenvalue weighted by molar-refractivity contribution is 7.99. The lowest BCUT2D eigenvalue weighted by Crippen LogP contribution is -2.10. The summed E-state index contributed by atoms with van der Waals surface area (Å²) in [5.41, 5.74) is 5.83. The van der Waals surface area contributed by atoms with Crippen LogP contribution >= 0.6 is 23.1 Å². The predicted octanol–water partition coefficient (Wildman–Crippen LogP) is 9.36. The summed E-state index contributed by atoms with van der Waals surface area (Å²) in [5, 5.41) is 9.88. The minimum Gasteiger partial charge on any atom is -0.482 e. The van der Waals surface area contributed by atoms with Crippen molar-refractivity contribution in [1.29, 1.82) is 0 Å². The maximum absolute atomic E-state index is 13.8. The van der Waals surface area contributed by atoms with E-state index in [2.05, 4.69) is 24.3 Å². The first-order valence-corrected chi connectivity index (χ1v) is 15.2. The van der Waals surface area contributed by atoms with Crippen LogP contribution in [0.15, 0.2) is 83.8 Å². The Balaban J connectivity index is 1.45. The third-order valence-electron chi connectivity index (χ3n) is 6.89. The Labute approximate surface area is 256 Å². The molecule has 0 saturated heterocycles. The summed E-state index contributed by atoms with van der Waals surface area (Å²) in [7, 11) is 0. The van der Waals surface area contributed by atoms with Crippen molar-refractivity contribution in [2.75, 3.05) is 6.61 Å². The Hall–Kier alpha value is -4.08. The molecule has 1 aromatic heterocycles. The van der Waals surface area contributed by atoms with Crippen molar-refractivity contribution in [2.24, 2.45) is 0 Å². The van der Waals surface area contributed by atoms with E-state index in [0.717, 1.165) is 49.3 Å². The van der Waals surface area contributed by atoms with Crippen LogP contribution in [-0.2, 0) is 11.2 Å². The molecule has 220 valence electrons. The summed E-state index contributed by atoms with van der Waals surface area (Å²) >= 11 is 3.32. The van der Waals surface area contributed by atoms with Crippen molar-refractivity contribution in [3.8, 4) is 27.4 Å². The molecule has 0 radical (unpaired) electrons. The quantitative estimate of drug-likeness (QED) is 0.125. The van der Waals surface area contributed by atoms with Gasteiger partial charge >= 0.3 is 5.97 Å². The van der Waals surface area contributed by atoms with E-state index in [1.807, 2.05) is 45.0 Å². The molecule has 43 heavy (non-hydrogen) atoms. The number of ether oxygens (including phenoxy) is 1. The summed E-state index contributed by atoms with van der Waals surface area (Å²) in [4.78, 5) is 17.9. The number of nitrogens with zero attached hydrogens (tertiary/aromatic N) is 1. The second kappa shape index (κ2) is 13.1. The number of carbonyl (C=O) groups is 1. The SMILES string of the molecule is Cc1ccc(-c2nc(C)c(C(Cc3ccc(-c4cc(F)c(F)c(F)c4)cc3)Sc3ccc(OCC(=O)O)c(C)c3)s2)cc1. The average molecular weight is 620 g/mol. The van der Waals surface area contributed by atoms with Crippen molar-refractivity contribution in [1.82, 2.24) is 4.98 Å². The van der Waals surface area contributed by atoms with E-state index in [-0.39, 0.29) is 10.8 Å². The Morgan fingerprint density at radius 1 is 0.884 bits per heavy atom. The number of thioether (sulfide) groups is 1. The van der Waals surface area contributed by atoms with Crippen molar-refractivity contribution in [3.05, 3.63) is 124 Å². The zero-order valence-corrected chi connectivity index (χ0v) is 25.3. The number of benzene rings is 4. The fraction of sp³-hybridized carbons (Fsp3) is 0.176. The van der Waals surface area contributed by atoms with E-state index < -0.39 is 30.0 Å². The van der Waals surface area contributed by atoms with Crippen LogP contribution in [0.1, 0.15) is 32.5 Å². The van der Waals surface area contributed by atoms with Gasteiger partial charge in [-0.05, 0) is 79.8 Å². The van der Waals surface area contributed by atoms with Gasteiger partial charge in [0.25, 0.3) is 0 Å². The lowest BCUT2D eigenvalue weighted by Gasteiger charge is -2.18. The normalized spacial score (nSPS) is 11.9. The molecule has 0 aliphatic carbocycles.